The molecule has 8 nitrogen and oxygen atoms in total. The van der Waals surface area contributed by atoms with Gasteiger partial charge in [0.15, 0.2) is 0 Å². The molecule has 10 heteroatoms. The van der Waals surface area contributed by atoms with E-state index < -0.39 is 4.92 Å². The van der Waals surface area contributed by atoms with E-state index in [1.54, 1.807) is 35.8 Å². The van der Waals surface area contributed by atoms with Crippen LogP contribution in [-0.4, -0.2) is 33.3 Å². The number of fused-ring (bicyclic) bond motifs is 1. The fraction of sp³-hybridized carbons (Fsp3) is 0.143. The molecule has 2 N–H and O–H groups in total. The minimum atomic E-state index is -0.485. The molecule has 0 unspecified atom stereocenters. The summed E-state index contributed by atoms with van der Waals surface area (Å²) >= 11 is 7.08. The normalized spacial score (nSPS) is 10.7. The Kier molecular flexibility index (Phi) is 4.63. The first-order valence-electron chi connectivity index (χ1n) is 6.94. The number of aromatic nitrogens is 2. The van der Waals surface area contributed by atoms with Crippen molar-refractivity contribution in [1.29, 1.82) is 0 Å². The van der Waals surface area contributed by atoms with Gasteiger partial charge < -0.3 is 20.7 Å². The number of hydrogen-bond acceptors (Lipinski definition) is 6. The first kappa shape index (κ1) is 16.2. The number of nitrogens with zero attached hydrogens (tertiary/aromatic N) is 3. The largest absolute Gasteiger partial charge is 0.372 e. The lowest BCUT2D eigenvalue weighted by atomic mass is 10.2. The number of nitrogens with one attached hydrogen (secondary N) is 2. The second kappa shape index (κ2) is 6.85. The predicted octanol–water partition coefficient (Wildman–Crippen LogP) is 2.80. The monoisotopic (exact) mass is 365 g/mol. The highest BCUT2D eigenvalue weighted by atomic mass is 35.5. The fourth-order valence-corrected chi connectivity index (χ4v) is 2.96. The standard InChI is InChI=1S/C14H12ClN5O3S/c15-10-3-1-9(2-4-10)12(21)17-6-5-16-11-13(20(22)23)19-7-8-24-14(19)18-11/h1-4,7-8,16H,5-6H2,(H,17,21). The smallest absolute Gasteiger partial charge is 0.361 e. The molecule has 0 atom stereocenters. The molecule has 0 aliphatic carbocycles. The molecule has 0 saturated carbocycles. The number of amides is 1. The van der Waals surface area contributed by atoms with E-state index in [1.165, 1.54) is 15.7 Å². The first-order valence-corrected chi connectivity index (χ1v) is 8.19. The molecule has 2 heterocycles. The molecule has 0 aliphatic rings. The summed E-state index contributed by atoms with van der Waals surface area (Å²) in [6, 6.07) is 6.52. The zero-order valence-electron chi connectivity index (χ0n) is 12.2. The van der Waals surface area contributed by atoms with Crippen molar-refractivity contribution in [3.05, 3.63) is 56.5 Å². The van der Waals surface area contributed by atoms with Crippen molar-refractivity contribution in [2.45, 2.75) is 0 Å². The Labute approximate surface area is 145 Å². The molecule has 3 rings (SSSR count). The number of benzene rings is 1. The second-order valence-electron chi connectivity index (χ2n) is 4.79. The number of rotatable bonds is 6. The van der Waals surface area contributed by atoms with E-state index in [0.29, 0.717) is 28.6 Å². The molecule has 24 heavy (non-hydrogen) atoms. The van der Waals surface area contributed by atoms with Crippen molar-refractivity contribution < 1.29 is 9.72 Å². The minimum Gasteiger partial charge on any atom is -0.361 e. The summed E-state index contributed by atoms with van der Waals surface area (Å²) in [5.41, 5.74) is 0.493. The quantitative estimate of drug-likeness (QED) is 0.397. The van der Waals surface area contributed by atoms with Crippen LogP contribution >= 0.6 is 22.9 Å². The molecular formula is C14H12ClN5O3S. The number of imidazole rings is 1. The van der Waals surface area contributed by atoms with E-state index in [1.807, 2.05) is 0 Å². The molecule has 0 fully saturated rings. The van der Waals surface area contributed by atoms with Gasteiger partial charge in [-0.3, -0.25) is 4.79 Å². The number of carbonyl (C=O) groups excluding carboxylic acids is 1. The Morgan fingerprint density at radius 3 is 2.79 bits per heavy atom. The third kappa shape index (κ3) is 3.31. The van der Waals surface area contributed by atoms with Crippen LogP contribution in [0.4, 0.5) is 11.6 Å². The zero-order valence-corrected chi connectivity index (χ0v) is 13.8. The van der Waals surface area contributed by atoms with Crippen molar-refractivity contribution in [1.82, 2.24) is 14.7 Å². The summed E-state index contributed by atoms with van der Waals surface area (Å²) in [6.07, 6.45) is 1.60. The van der Waals surface area contributed by atoms with Gasteiger partial charge in [0.1, 0.15) is 6.20 Å². The number of anilines is 1. The SMILES string of the molecule is O=C(NCCNc1nc2sccn2c1[N+](=O)[O-])c1ccc(Cl)cc1. The van der Waals surface area contributed by atoms with E-state index in [9.17, 15) is 14.9 Å². The van der Waals surface area contributed by atoms with Crippen molar-refractivity contribution in [3.8, 4) is 0 Å². The highest BCUT2D eigenvalue weighted by molar-refractivity contribution is 7.15. The van der Waals surface area contributed by atoms with Gasteiger partial charge in [0.05, 0.1) is 0 Å². The number of hydrogen-bond donors (Lipinski definition) is 2. The van der Waals surface area contributed by atoms with Gasteiger partial charge in [0.2, 0.25) is 5.82 Å². The Hall–Kier alpha value is -2.65. The van der Waals surface area contributed by atoms with Gasteiger partial charge in [-0.05, 0) is 29.2 Å². The third-order valence-corrected chi connectivity index (χ3v) is 4.23. The molecule has 0 radical (unpaired) electrons. The summed E-state index contributed by atoms with van der Waals surface area (Å²) in [7, 11) is 0. The average Bonchev–Trinajstić information content (AvgIpc) is 3.12. The van der Waals surface area contributed by atoms with Gasteiger partial charge in [0.25, 0.3) is 10.9 Å². The van der Waals surface area contributed by atoms with Crippen LogP contribution < -0.4 is 10.6 Å². The van der Waals surface area contributed by atoms with Crippen molar-refractivity contribution in [2.24, 2.45) is 0 Å². The van der Waals surface area contributed by atoms with Gasteiger partial charge in [-0.25, -0.2) is 0 Å². The number of nitro groups is 1. The van der Waals surface area contributed by atoms with Gasteiger partial charge in [-0.2, -0.15) is 9.38 Å². The third-order valence-electron chi connectivity index (χ3n) is 3.22. The molecule has 0 aliphatic heterocycles. The summed E-state index contributed by atoms with van der Waals surface area (Å²) in [5.74, 6) is -0.170. The summed E-state index contributed by atoms with van der Waals surface area (Å²) in [5, 5.41) is 19.1. The lowest BCUT2D eigenvalue weighted by molar-refractivity contribution is -0.389. The molecule has 0 spiro atoms. The van der Waals surface area contributed by atoms with Crippen LogP contribution in [0.25, 0.3) is 4.96 Å². The zero-order chi connectivity index (χ0) is 17.1. The topological polar surface area (TPSA) is 102 Å². The first-order chi connectivity index (χ1) is 11.6. The van der Waals surface area contributed by atoms with Crippen LogP contribution in [0.2, 0.25) is 5.02 Å². The highest BCUT2D eigenvalue weighted by Crippen LogP contribution is 2.27. The minimum absolute atomic E-state index is 0.115. The molecule has 1 aromatic carbocycles. The Morgan fingerprint density at radius 1 is 1.33 bits per heavy atom. The molecule has 1 amide bonds. The van der Waals surface area contributed by atoms with E-state index in [4.69, 9.17) is 11.6 Å². The summed E-state index contributed by atoms with van der Waals surface area (Å²) in [4.78, 5) is 27.3. The van der Waals surface area contributed by atoms with E-state index in [2.05, 4.69) is 15.6 Å². The molecule has 3 aromatic rings. The number of carbonyl (C=O) groups is 1. The molecule has 124 valence electrons. The lowest BCUT2D eigenvalue weighted by Gasteiger charge is -2.06. The second-order valence-corrected chi connectivity index (χ2v) is 6.10. The summed E-state index contributed by atoms with van der Waals surface area (Å²) < 4.78 is 1.42. The van der Waals surface area contributed by atoms with Crippen LogP contribution in [0.1, 0.15) is 10.4 Å². The van der Waals surface area contributed by atoms with Crippen LogP contribution in [0.15, 0.2) is 35.8 Å². The van der Waals surface area contributed by atoms with Gasteiger partial charge in [0, 0.05) is 29.1 Å². The molecular weight excluding hydrogens is 354 g/mol. The Balaban J connectivity index is 1.58. The van der Waals surface area contributed by atoms with E-state index in [0.717, 1.165) is 0 Å². The molecule has 0 bridgehead atoms. The highest BCUT2D eigenvalue weighted by Gasteiger charge is 2.23. The van der Waals surface area contributed by atoms with Crippen LogP contribution in [0, 0.1) is 10.1 Å². The maximum Gasteiger partial charge on any atom is 0.372 e. The van der Waals surface area contributed by atoms with Crippen LogP contribution in [-0.2, 0) is 0 Å². The van der Waals surface area contributed by atoms with Gasteiger partial charge in [-0.15, -0.1) is 0 Å². The van der Waals surface area contributed by atoms with E-state index in [-0.39, 0.29) is 17.5 Å². The van der Waals surface area contributed by atoms with Crippen molar-refractivity contribution in [3.63, 3.8) is 0 Å². The number of thiazole rings is 1. The Bertz CT molecular complexity index is 890. The maximum atomic E-state index is 11.9. The van der Waals surface area contributed by atoms with E-state index >= 15 is 0 Å². The lowest BCUT2D eigenvalue weighted by Crippen LogP contribution is -2.28. The van der Waals surface area contributed by atoms with Crippen molar-refractivity contribution in [2.75, 3.05) is 18.4 Å². The fourth-order valence-electron chi connectivity index (χ4n) is 2.13. The molecule has 0 saturated heterocycles. The van der Waals surface area contributed by atoms with Crippen LogP contribution in [0.3, 0.4) is 0 Å². The maximum absolute atomic E-state index is 11.9. The van der Waals surface area contributed by atoms with Crippen molar-refractivity contribution >= 4 is 45.4 Å². The van der Waals surface area contributed by atoms with Gasteiger partial charge >= 0.3 is 5.82 Å². The molecule has 2 aromatic heterocycles. The number of halogens is 1. The van der Waals surface area contributed by atoms with Crippen LogP contribution in [0.5, 0.6) is 0 Å². The predicted molar refractivity (Wildman–Crippen MR) is 92.0 cm³/mol. The summed E-state index contributed by atoms with van der Waals surface area (Å²) in [6.45, 7) is 0.606. The Morgan fingerprint density at radius 2 is 2.08 bits per heavy atom. The average molecular weight is 366 g/mol. The van der Waals surface area contributed by atoms with Gasteiger partial charge in [-0.1, -0.05) is 22.9 Å².